The molecule has 0 spiro atoms. The van der Waals surface area contributed by atoms with Crippen molar-refractivity contribution >= 4 is 11.9 Å². The molecule has 2 N–H and O–H groups in total. The number of hydrogen-bond donors (Lipinski definition) is 2. The zero-order valence-electron chi connectivity index (χ0n) is 13.6. The predicted molar refractivity (Wildman–Crippen MR) is 75.8 cm³/mol. The molecule has 0 rings (SSSR count). The Morgan fingerprint density at radius 3 is 0.950 bits per heavy atom. The highest BCUT2D eigenvalue weighted by Gasteiger charge is 2.49. The van der Waals surface area contributed by atoms with Crippen LogP contribution in [0.1, 0.15) is 55.4 Å². The lowest BCUT2D eigenvalue weighted by Crippen LogP contribution is -2.49. The second-order valence-electron chi connectivity index (χ2n) is 7.45. The Labute approximate surface area is 120 Å². The van der Waals surface area contributed by atoms with Crippen molar-refractivity contribution in [3.63, 3.8) is 0 Å². The van der Waals surface area contributed by atoms with Gasteiger partial charge in [0.25, 0.3) is 0 Å². The van der Waals surface area contributed by atoms with E-state index in [-0.39, 0.29) is 0 Å². The van der Waals surface area contributed by atoms with Gasteiger partial charge in [-0.05, 0) is 24.7 Å². The third-order valence-corrected chi connectivity index (χ3v) is 4.20. The molecule has 0 bridgehead atoms. The molecule has 20 heavy (non-hydrogen) atoms. The summed E-state index contributed by atoms with van der Waals surface area (Å²) in [4.78, 5) is 23.0. The molecular formula is C14H26N2O4. The van der Waals surface area contributed by atoms with Crippen molar-refractivity contribution < 1.29 is 19.8 Å². The molecule has 6 nitrogen and oxygen atoms in total. The van der Waals surface area contributed by atoms with Gasteiger partial charge in [-0.1, -0.05) is 41.5 Å². The van der Waals surface area contributed by atoms with Crippen LogP contribution < -0.4 is 0 Å². The van der Waals surface area contributed by atoms with Crippen molar-refractivity contribution in [2.24, 2.45) is 21.1 Å². The number of carbonyl (C=O) groups is 2. The van der Waals surface area contributed by atoms with E-state index in [0.29, 0.717) is 0 Å². The number of carboxylic acid groups (broad SMARTS) is 2. The highest BCUT2D eigenvalue weighted by molar-refractivity contribution is 5.81. The molecule has 0 heterocycles. The van der Waals surface area contributed by atoms with E-state index in [4.69, 9.17) is 0 Å². The minimum Gasteiger partial charge on any atom is -0.479 e. The monoisotopic (exact) mass is 286 g/mol. The summed E-state index contributed by atoms with van der Waals surface area (Å²) in [6.07, 6.45) is 0. The first-order valence-corrected chi connectivity index (χ1v) is 6.50. The third kappa shape index (κ3) is 3.16. The average Bonchev–Trinajstić information content (AvgIpc) is 2.21. The number of carboxylic acids is 2. The fourth-order valence-electron chi connectivity index (χ4n) is 1.23. The van der Waals surface area contributed by atoms with Crippen molar-refractivity contribution in [2.45, 2.75) is 66.5 Å². The Hall–Kier alpha value is -1.46. The highest BCUT2D eigenvalue weighted by atomic mass is 16.4. The van der Waals surface area contributed by atoms with E-state index < -0.39 is 33.8 Å². The van der Waals surface area contributed by atoms with Gasteiger partial charge >= 0.3 is 11.9 Å². The minimum atomic E-state index is -1.49. The summed E-state index contributed by atoms with van der Waals surface area (Å²) < 4.78 is 0. The van der Waals surface area contributed by atoms with Crippen LogP contribution in [-0.2, 0) is 9.59 Å². The van der Waals surface area contributed by atoms with E-state index in [1.807, 2.05) is 0 Å². The largest absolute Gasteiger partial charge is 0.479 e. The van der Waals surface area contributed by atoms with Gasteiger partial charge in [0.05, 0.1) is 0 Å². The van der Waals surface area contributed by atoms with Crippen molar-refractivity contribution in [1.29, 1.82) is 0 Å². The molecule has 0 aliphatic heterocycles. The van der Waals surface area contributed by atoms with Crippen LogP contribution in [0.15, 0.2) is 10.2 Å². The van der Waals surface area contributed by atoms with Crippen LogP contribution in [0.3, 0.4) is 0 Å². The lowest BCUT2D eigenvalue weighted by Gasteiger charge is -2.37. The molecule has 0 amide bonds. The van der Waals surface area contributed by atoms with Crippen molar-refractivity contribution in [1.82, 2.24) is 0 Å². The standard InChI is InChI=1S/C14H26N2O4/c1-11(2,3)13(7,9(17)18)15-16-14(8,10(19)20)12(4,5)6/h1-8H3,(H,17,18)(H,19,20). The maximum atomic E-state index is 11.5. The third-order valence-electron chi connectivity index (χ3n) is 4.20. The summed E-state index contributed by atoms with van der Waals surface area (Å²) in [5, 5.41) is 26.7. The molecule has 0 saturated carbocycles. The molecule has 0 fully saturated rings. The van der Waals surface area contributed by atoms with E-state index in [1.165, 1.54) is 13.8 Å². The number of hydrogen-bond acceptors (Lipinski definition) is 4. The van der Waals surface area contributed by atoms with Crippen LogP contribution in [0, 0.1) is 10.8 Å². The Balaban J connectivity index is 5.88. The number of nitrogens with zero attached hydrogens (tertiary/aromatic N) is 2. The first-order valence-electron chi connectivity index (χ1n) is 6.50. The van der Waals surface area contributed by atoms with Crippen molar-refractivity contribution in [3.05, 3.63) is 0 Å². The Morgan fingerprint density at radius 2 is 0.850 bits per heavy atom. The van der Waals surface area contributed by atoms with Crippen LogP contribution in [0.5, 0.6) is 0 Å². The molecule has 0 aromatic heterocycles. The summed E-state index contributed by atoms with van der Waals surface area (Å²) in [6.45, 7) is 13.3. The maximum absolute atomic E-state index is 11.5. The van der Waals surface area contributed by atoms with Crippen LogP contribution in [0.4, 0.5) is 0 Å². The number of aliphatic carboxylic acids is 2. The molecule has 0 saturated heterocycles. The van der Waals surface area contributed by atoms with Crippen LogP contribution in [0.25, 0.3) is 0 Å². The zero-order valence-corrected chi connectivity index (χ0v) is 13.6. The smallest absolute Gasteiger partial charge is 0.333 e. The van der Waals surface area contributed by atoms with E-state index in [0.717, 1.165) is 0 Å². The van der Waals surface area contributed by atoms with Gasteiger partial charge in [-0.2, -0.15) is 10.2 Å². The fraction of sp³-hybridized carbons (Fsp3) is 0.857. The Morgan fingerprint density at radius 1 is 0.650 bits per heavy atom. The summed E-state index contributed by atoms with van der Waals surface area (Å²) >= 11 is 0. The Bertz CT molecular complexity index is 391. The topological polar surface area (TPSA) is 99.3 Å². The van der Waals surface area contributed by atoms with Gasteiger partial charge < -0.3 is 10.2 Å². The summed E-state index contributed by atoms with van der Waals surface area (Å²) in [6, 6.07) is 0. The van der Waals surface area contributed by atoms with Crippen LogP contribution >= 0.6 is 0 Å². The molecule has 0 aliphatic carbocycles. The lowest BCUT2D eigenvalue weighted by atomic mass is 9.74. The lowest BCUT2D eigenvalue weighted by molar-refractivity contribution is -0.150. The number of rotatable bonds is 4. The molecule has 0 aromatic rings. The van der Waals surface area contributed by atoms with E-state index >= 15 is 0 Å². The van der Waals surface area contributed by atoms with Crippen molar-refractivity contribution in [2.75, 3.05) is 0 Å². The summed E-state index contributed by atoms with van der Waals surface area (Å²) in [5.74, 6) is -2.26. The molecule has 6 heteroatoms. The van der Waals surface area contributed by atoms with E-state index in [1.54, 1.807) is 41.5 Å². The summed E-state index contributed by atoms with van der Waals surface area (Å²) in [5.41, 5.74) is -4.37. The number of azo groups is 1. The molecule has 0 radical (unpaired) electrons. The van der Waals surface area contributed by atoms with Crippen molar-refractivity contribution in [3.8, 4) is 0 Å². The molecule has 2 atom stereocenters. The van der Waals surface area contributed by atoms with Gasteiger partial charge in [0.2, 0.25) is 0 Å². The van der Waals surface area contributed by atoms with Gasteiger partial charge in [0, 0.05) is 0 Å². The Kier molecular flexibility index (Phi) is 4.77. The molecule has 0 aromatic carbocycles. The molecule has 116 valence electrons. The fourth-order valence-corrected chi connectivity index (χ4v) is 1.23. The van der Waals surface area contributed by atoms with Gasteiger partial charge in [-0.15, -0.1) is 0 Å². The summed E-state index contributed by atoms with van der Waals surface area (Å²) in [7, 11) is 0. The predicted octanol–water partition coefficient (Wildman–Crippen LogP) is 3.22. The second kappa shape index (κ2) is 5.14. The quantitative estimate of drug-likeness (QED) is 0.775. The first-order chi connectivity index (χ1) is 8.59. The van der Waals surface area contributed by atoms with E-state index in [9.17, 15) is 19.8 Å². The van der Waals surface area contributed by atoms with Crippen LogP contribution in [-0.4, -0.2) is 33.2 Å². The van der Waals surface area contributed by atoms with Crippen LogP contribution in [0.2, 0.25) is 0 Å². The molecular weight excluding hydrogens is 260 g/mol. The van der Waals surface area contributed by atoms with Gasteiger partial charge in [0.1, 0.15) is 0 Å². The normalized spacial score (nSPS) is 19.4. The highest BCUT2D eigenvalue weighted by Crippen LogP contribution is 2.39. The van der Waals surface area contributed by atoms with Gasteiger partial charge in [-0.3, -0.25) is 0 Å². The average molecular weight is 286 g/mol. The van der Waals surface area contributed by atoms with E-state index in [2.05, 4.69) is 10.2 Å². The minimum absolute atomic E-state index is 0.695. The SMILES string of the molecule is CC(C)(C)C(C)(N=NC(C)(C(=O)O)C(C)(C)C)C(=O)O. The molecule has 2 unspecified atom stereocenters. The zero-order chi connectivity index (χ0) is 16.6. The van der Waals surface area contributed by atoms with Gasteiger partial charge in [0.15, 0.2) is 11.1 Å². The maximum Gasteiger partial charge on any atom is 0.333 e. The van der Waals surface area contributed by atoms with Gasteiger partial charge in [-0.25, -0.2) is 9.59 Å². The molecule has 0 aliphatic rings. The second-order valence-corrected chi connectivity index (χ2v) is 7.45. The first kappa shape index (κ1) is 18.5.